The highest BCUT2D eigenvalue weighted by molar-refractivity contribution is 7.99. The van der Waals surface area contributed by atoms with Crippen LogP contribution < -0.4 is 5.32 Å². The van der Waals surface area contributed by atoms with Crippen LogP contribution in [-0.2, 0) is 10.3 Å². The lowest BCUT2D eigenvalue weighted by atomic mass is 9.69. The summed E-state index contributed by atoms with van der Waals surface area (Å²) in [4.78, 5) is 45.7. The van der Waals surface area contributed by atoms with Gasteiger partial charge in [-0.2, -0.15) is 0 Å². The number of ketones is 1. The van der Waals surface area contributed by atoms with Crippen LogP contribution in [0.4, 0.5) is 11.4 Å². The average Bonchev–Trinajstić information content (AvgIpc) is 3.53. The van der Waals surface area contributed by atoms with E-state index < -0.39 is 16.4 Å². The molecule has 1 aromatic heterocycles. The molecule has 0 radical (unpaired) electrons. The van der Waals surface area contributed by atoms with Gasteiger partial charge in [-0.15, -0.1) is 11.8 Å². The minimum absolute atomic E-state index is 0.00514. The molecule has 0 unspecified atom stereocenters. The maximum atomic E-state index is 14.4. The van der Waals surface area contributed by atoms with Gasteiger partial charge in [0.25, 0.3) is 5.69 Å². The number of aryl methyl sites for hydroxylation is 2. The summed E-state index contributed by atoms with van der Waals surface area (Å²) in [7, 11) is 0. The lowest BCUT2D eigenvalue weighted by Gasteiger charge is -2.36. The van der Waals surface area contributed by atoms with Gasteiger partial charge in [-0.05, 0) is 37.1 Å². The van der Waals surface area contributed by atoms with E-state index in [1.165, 1.54) is 12.1 Å². The molecule has 36 heavy (non-hydrogen) atoms. The number of carbonyl (C=O) groups excluding carboxylic acids is 2. The van der Waals surface area contributed by atoms with Gasteiger partial charge in [0, 0.05) is 64.9 Å². The molecule has 3 aliphatic rings. The van der Waals surface area contributed by atoms with Crippen LogP contribution >= 0.6 is 11.8 Å². The number of nitro groups is 1. The molecule has 4 atom stereocenters. The van der Waals surface area contributed by atoms with E-state index >= 15 is 0 Å². The van der Waals surface area contributed by atoms with Crippen LogP contribution in [0.3, 0.4) is 0 Å². The molecule has 9 heteroatoms. The van der Waals surface area contributed by atoms with Gasteiger partial charge >= 0.3 is 0 Å². The molecule has 2 saturated heterocycles. The molecular weight excluding hydrogens is 476 g/mol. The fourth-order valence-electron chi connectivity index (χ4n) is 6.41. The van der Waals surface area contributed by atoms with Crippen molar-refractivity contribution < 1.29 is 14.5 Å². The average molecular weight is 501 g/mol. The summed E-state index contributed by atoms with van der Waals surface area (Å²) >= 11 is 1.74. The van der Waals surface area contributed by atoms with Crippen LogP contribution in [0.1, 0.15) is 38.5 Å². The molecule has 2 fully saturated rings. The van der Waals surface area contributed by atoms with Gasteiger partial charge in [-0.1, -0.05) is 29.8 Å². The van der Waals surface area contributed by atoms with Crippen LogP contribution in [0.5, 0.6) is 0 Å². The molecule has 0 saturated carbocycles. The largest absolute Gasteiger partial charge is 0.324 e. The van der Waals surface area contributed by atoms with E-state index in [9.17, 15) is 19.7 Å². The number of aromatic nitrogens is 1. The number of anilines is 1. The first-order chi connectivity index (χ1) is 17.3. The van der Waals surface area contributed by atoms with Gasteiger partial charge in [-0.25, -0.2) is 0 Å². The molecule has 4 heterocycles. The summed E-state index contributed by atoms with van der Waals surface area (Å²) < 4.78 is 0. The Morgan fingerprint density at radius 1 is 1.22 bits per heavy atom. The number of fused-ring (bicyclic) bond motifs is 4. The Kier molecular flexibility index (Phi) is 5.24. The predicted molar refractivity (Wildman–Crippen MR) is 137 cm³/mol. The number of carbonyl (C=O) groups is 2. The zero-order chi connectivity index (χ0) is 25.2. The number of non-ortho nitro benzene ring substituents is 1. The Labute approximate surface area is 212 Å². The van der Waals surface area contributed by atoms with Crippen molar-refractivity contribution in [3.63, 3.8) is 0 Å². The van der Waals surface area contributed by atoms with Gasteiger partial charge in [0.1, 0.15) is 5.54 Å². The Morgan fingerprint density at radius 3 is 2.69 bits per heavy atom. The van der Waals surface area contributed by atoms with Gasteiger partial charge in [0.2, 0.25) is 5.91 Å². The summed E-state index contributed by atoms with van der Waals surface area (Å²) in [6.07, 6.45) is 3.17. The van der Waals surface area contributed by atoms with Crippen molar-refractivity contribution in [2.45, 2.75) is 31.3 Å². The van der Waals surface area contributed by atoms with E-state index in [-0.39, 0.29) is 29.3 Å². The Morgan fingerprint density at radius 2 is 2.00 bits per heavy atom. The van der Waals surface area contributed by atoms with Crippen molar-refractivity contribution in [3.05, 3.63) is 98.9 Å². The van der Waals surface area contributed by atoms with Gasteiger partial charge in [0.15, 0.2) is 5.78 Å². The number of pyridine rings is 1. The molecule has 1 amide bonds. The van der Waals surface area contributed by atoms with E-state index in [1.807, 2.05) is 26.0 Å². The van der Waals surface area contributed by atoms with Crippen molar-refractivity contribution in [2.75, 3.05) is 16.9 Å². The number of nitrogens with one attached hydrogen (secondary N) is 1. The van der Waals surface area contributed by atoms with Crippen molar-refractivity contribution >= 4 is 34.8 Å². The topological polar surface area (TPSA) is 105 Å². The summed E-state index contributed by atoms with van der Waals surface area (Å²) in [5.41, 5.74) is 3.69. The monoisotopic (exact) mass is 500 g/mol. The highest BCUT2D eigenvalue weighted by atomic mass is 32.2. The van der Waals surface area contributed by atoms with E-state index in [0.717, 1.165) is 33.7 Å². The highest BCUT2D eigenvalue weighted by Crippen LogP contribution is 2.61. The lowest BCUT2D eigenvalue weighted by molar-refractivity contribution is -0.384. The molecule has 182 valence electrons. The molecule has 0 aliphatic carbocycles. The van der Waals surface area contributed by atoms with E-state index in [2.05, 4.69) is 15.2 Å². The second kappa shape index (κ2) is 8.25. The van der Waals surface area contributed by atoms with Crippen molar-refractivity contribution in [3.8, 4) is 0 Å². The molecule has 3 aromatic rings. The third-order valence-electron chi connectivity index (χ3n) is 7.79. The van der Waals surface area contributed by atoms with Gasteiger partial charge in [-0.3, -0.25) is 29.6 Å². The Balaban J connectivity index is 1.62. The normalized spacial score (nSPS) is 26.6. The van der Waals surface area contributed by atoms with Crippen LogP contribution in [0.25, 0.3) is 0 Å². The van der Waals surface area contributed by atoms with Gasteiger partial charge in [0.05, 0.1) is 10.8 Å². The van der Waals surface area contributed by atoms with E-state index in [0.29, 0.717) is 11.4 Å². The van der Waals surface area contributed by atoms with Crippen molar-refractivity contribution in [1.29, 1.82) is 0 Å². The SMILES string of the molecule is Cc1cc(C)c2c(c1)[C@]1(C(=O)N2)[C@H](C(=O)c2cccnc2)[C@@H](c2ccc([N+](=O)[O-])cc2)[C@@H]2CSCN21. The van der Waals surface area contributed by atoms with Crippen LogP contribution in [-0.4, -0.2) is 44.2 Å². The van der Waals surface area contributed by atoms with E-state index in [1.54, 1.807) is 48.4 Å². The number of hydrogen-bond donors (Lipinski definition) is 1. The van der Waals surface area contributed by atoms with E-state index in [4.69, 9.17) is 0 Å². The summed E-state index contributed by atoms with van der Waals surface area (Å²) in [6.45, 7) is 3.97. The molecule has 1 spiro atoms. The number of thioether (sulfide) groups is 1. The maximum Gasteiger partial charge on any atom is 0.269 e. The predicted octanol–water partition coefficient (Wildman–Crippen LogP) is 4.43. The molecule has 3 aliphatic heterocycles. The minimum Gasteiger partial charge on any atom is -0.324 e. The molecule has 0 bridgehead atoms. The number of Topliss-reactive ketones (excluding diaryl/α,β-unsaturated/α-hetero) is 1. The third-order valence-corrected chi connectivity index (χ3v) is 8.83. The third kappa shape index (κ3) is 3.09. The van der Waals surface area contributed by atoms with Crippen LogP contribution in [0.2, 0.25) is 0 Å². The smallest absolute Gasteiger partial charge is 0.269 e. The zero-order valence-corrected chi connectivity index (χ0v) is 20.6. The number of benzene rings is 2. The lowest BCUT2D eigenvalue weighted by Crippen LogP contribution is -2.52. The highest BCUT2D eigenvalue weighted by Gasteiger charge is 2.69. The Hall–Kier alpha value is -3.56. The molecule has 6 rings (SSSR count). The second-order valence-corrected chi connectivity index (χ2v) is 10.7. The van der Waals surface area contributed by atoms with Crippen LogP contribution in [0.15, 0.2) is 60.9 Å². The fraction of sp³-hybridized carbons (Fsp3) is 0.296. The first kappa shape index (κ1) is 22.9. The maximum absolute atomic E-state index is 14.4. The summed E-state index contributed by atoms with van der Waals surface area (Å²) in [6, 6.07) is 13.9. The number of nitro benzene ring substituents is 1. The van der Waals surface area contributed by atoms with Gasteiger partial charge < -0.3 is 5.32 Å². The quantitative estimate of drug-likeness (QED) is 0.321. The second-order valence-electron chi connectivity index (χ2n) is 9.72. The summed E-state index contributed by atoms with van der Waals surface area (Å²) in [5, 5.41) is 14.4. The first-order valence-electron chi connectivity index (χ1n) is 11.8. The Bertz CT molecular complexity index is 1410. The molecule has 2 aromatic carbocycles. The molecule has 1 N–H and O–H groups in total. The standard InChI is InChI=1S/C27H24N4O4S/c1-15-10-16(2)24-20(11-15)27(26(33)29-24)23(25(32)18-4-3-9-28-12-18)22(21-13-36-14-30(21)27)17-5-7-19(8-6-17)31(34)35/h3-12,21-23H,13-14H2,1-2H3,(H,29,33)/t21-,22-,23-,27+/m0/s1. The van der Waals surface area contributed by atoms with Crippen molar-refractivity contribution in [2.24, 2.45) is 5.92 Å². The first-order valence-corrected chi connectivity index (χ1v) is 13.0. The number of nitrogens with zero attached hydrogens (tertiary/aromatic N) is 3. The number of rotatable bonds is 4. The zero-order valence-electron chi connectivity index (χ0n) is 19.8. The van der Waals surface area contributed by atoms with Crippen molar-refractivity contribution in [1.82, 2.24) is 9.88 Å². The minimum atomic E-state index is -1.18. The molecule has 8 nitrogen and oxygen atoms in total. The number of hydrogen-bond acceptors (Lipinski definition) is 7. The summed E-state index contributed by atoms with van der Waals surface area (Å²) in [5.74, 6) is -0.0146. The molecular formula is C27H24N4O4S. The number of amides is 1. The fourth-order valence-corrected chi connectivity index (χ4v) is 7.74. The van der Waals surface area contributed by atoms with Crippen LogP contribution in [0, 0.1) is 29.9 Å².